The third-order valence-corrected chi connectivity index (χ3v) is 3.83. The first-order chi connectivity index (χ1) is 8.61. The van der Waals surface area contributed by atoms with Crippen molar-refractivity contribution in [1.82, 2.24) is 0 Å². The van der Waals surface area contributed by atoms with Crippen LogP contribution in [0.25, 0.3) is 11.1 Å². The van der Waals surface area contributed by atoms with Crippen molar-refractivity contribution < 1.29 is 9.53 Å². The van der Waals surface area contributed by atoms with Crippen LogP contribution in [0, 0.1) is 13.8 Å². The van der Waals surface area contributed by atoms with Crippen molar-refractivity contribution in [3.05, 3.63) is 40.5 Å². The molecule has 92 valence electrons. The average Bonchev–Trinajstić information content (AvgIpc) is 2.78. The highest BCUT2D eigenvalue weighted by Gasteiger charge is 2.23. The largest absolute Gasteiger partial charge is 0.493 e. The molecule has 1 unspecified atom stereocenters. The Morgan fingerprint density at radius 3 is 2.72 bits per heavy atom. The number of aldehydes is 1. The van der Waals surface area contributed by atoms with E-state index in [1.807, 2.05) is 13.0 Å². The standard InChI is InChI=1S/C16H16O2/c1-9-4-12(7-17)16-10(2)5-15-13(6-14(9)16)11(3)8-18-15/h4-7,11H,8H2,1-3H3. The third-order valence-electron chi connectivity index (χ3n) is 3.83. The van der Waals surface area contributed by atoms with E-state index in [4.69, 9.17) is 4.74 Å². The molecule has 0 saturated carbocycles. The Hall–Kier alpha value is -1.83. The molecule has 0 amide bonds. The van der Waals surface area contributed by atoms with E-state index in [0.717, 1.165) is 40.9 Å². The molecular formula is C16H16O2. The van der Waals surface area contributed by atoms with Crippen LogP contribution >= 0.6 is 0 Å². The topological polar surface area (TPSA) is 26.3 Å². The molecule has 2 heteroatoms. The van der Waals surface area contributed by atoms with Crippen molar-refractivity contribution in [3.63, 3.8) is 0 Å². The van der Waals surface area contributed by atoms with Crippen LogP contribution in [0.5, 0.6) is 5.75 Å². The second-order valence-electron chi connectivity index (χ2n) is 5.19. The predicted octanol–water partition coefficient (Wildman–Crippen LogP) is 3.72. The molecule has 0 aromatic rings. The van der Waals surface area contributed by atoms with Crippen LogP contribution in [0.2, 0.25) is 0 Å². The Bertz CT molecular complexity index is 613. The summed E-state index contributed by atoms with van der Waals surface area (Å²) < 4.78 is 5.72. The smallest absolute Gasteiger partial charge is 0.150 e. The molecule has 0 bridgehead atoms. The summed E-state index contributed by atoms with van der Waals surface area (Å²) in [6.45, 7) is 7.02. The first kappa shape index (κ1) is 11.3. The molecule has 2 aliphatic carbocycles. The second-order valence-corrected chi connectivity index (χ2v) is 5.19. The van der Waals surface area contributed by atoms with Crippen LogP contribution in [0.3, 0.4) is 0 Å². The van der Waals surface area contributed by atoms with Crippen LogP contribution in [0.15, 0.2) is 18.2 Å². The first-order valence-electron chi connectivity index (χ1n) is 6.27. The Morgan fingerprint density at radius 2 is 2.00 bits per heavy atom. The van der Waals surface area contributed by atoms with E-state index >= 15 is 0 Å². The number of fused-ring (bicyclic) bond motifs is 2. The van der Waals surface area contributed by atoms with Crippen LogP contribution in [0.4, 0.5) is 0 Å². The van der Waals surface area contributed by atoms with Crippen LogP contribution in [-0.2, 0) is 0 Å². The van der Waals surface area contributed by atoms with Gasteiger partial charge < -0.3 is 4.74 Å². The Balaban J connectivity index is 2.39. The number of aryl methyl sites for hydroxylation is 2. The van der Waals surface area contributed by atoms with Gasteiger partial charge in [0, 0.05) is 17.0 Å². The van der Waals surface area contributed by atoms with Gasteiger partial charge in [0.2, 0.25) is 0 Å². The molecule has 0 aromatic heterocycles. The number of ether oxygens (including phenoxy) is 1. The molecule has 1 atom stereocenters. The Morgan fingerprint density at radius 1 is 1.22 bits per heavy atom. The first-order valence-corrected chi connectivity index (χ1v) is 6.27. The lowest BCUT2D eigenvalue weighted by Crippen LogP contribution is -1.94. The molecule has 3 rings (SSSR count). The maximum atomic E-state index is 11.2. The van der Waals surface area contributed by atoms with E-state index in [1.54, 1.807) is 0 Å². The summed E-state index contributed by atoms with van der Waals surface area (Å²) in [4.78, 5) is 11.2. The molecule has 1 heterocycles. The molecular weight excluding hydrogens is 224 g/mol. The molecule has 0 N–H and O–H groups in total. The maximum absolute atomic E-state index is 11.2. The van der Waals surface area contributed by atoms with Crippen molar-refractivity contribution in [3.8, 4) is 16.9 Å². The molecule has 0 aromatic carbocycles. The second kappa shape index (κ2) is 3.84. The molecule has 2 nitrogen and oxygen atoms in total. The normalized spacial score (nSPS) is 17.6. The van der Waals surface area contributed by atoms with Crippen molar-refractivity contribution >= 4 is 6.29 Å². The van der Waals surface area contributed by atoms with Gasteiger partial charge in [-0.05, 0) is 54.3 Å². The molecule has 0 spiro atoms. The van der Waals surface area contributed by atoms with E-state index < -0.39 is 0 Å². The van der Waals surface area contributed by atoms with E-state index in [9.17, 15) is 4.79 Å². The Labute approximate surface area is 107 Å². The molecule has 3 aliphatic rings. The van der Waals surface area contributed by atoms with Gasteiger partial charge in [-0.3, -0.25) is 4.79 Å². The lowest BCUT2D eigenvalue weighted by atomic mass is 10.0. The van der Waals surface area contributed by atoms with Crippen LogP contribution in [0.1, 0.15) is 39.9 Å². The lowest BCUT2D eigenvalue weighted by molar-refractivity contribution is 0.112. The van der Waals surface area contributed by atoms with E-state index in [-0.39, 0.29) is 0 Å². The number of carbonyl (C=O) groups is 1. The highest BCUT2D eigenvalue weighted by Crippen LogP contribution is 2.41. The van der Waals surface area contributed by atoms with Gasteiger partial charge in [0.1, 0.15) is 5.75 Å². The number of rotatable bonds is 1. The SMILES string of the molecule is Cc1cc(C=O)c2c(C)cc3c(cc1-2)C(C)CO3. The number of hydrogen-bond donors (Lipinski definition) is 0. The molecule has 0 saturated heterocycles. The van der Waals surface area contributed by atoms with Crippen molar-refractivity contribution in [2.45, 2.75) is 26.7 Å². The van der Waals surface area contributed by atoms with Gasteiger partial charge in [0.15, 0.2) is 6.29 Å². The summed E-state index contributed by atoms with van der Waals surface area (Å²) in [6.07, 6.45) is 0.942. The molecule has 0 fully saturated rings. The number of carbonyl (C=O) groups excluding carboxylic acids is 1. The summed E-state index contributed by atoms with van der Waals surface area (Å²) in [5.74, 6) is 1.39. The van der Waals surface area contributed by atoms with Gasteiger partial charge in [-0.15, -0.1) is 0 Å². The summed E-state index contributed by atoms with van der Waals surface area (Å²) in [6, 6.07) is 6.23. The quantitative estimate of drug-likeness (QED) is 0.710. The van der Waals surface area contributed by atoms with Crippen molar-refractivity contribution in [2.24, 2.45) is 0 Å². The molecule has 0 radical (unpaired) electrons. The molecule has 18 heavy (non-hydrogen) atoms. The highest BCUT2D eigenvalue weighted by atomic mass is 16.5. The minimum absolute atomic E-state index is 0.420. The predicted molar refractivity (Wildman–Crippen MR) is 71.8 cm³/mol. The summed E-state index contributed by atoms with van der Waals surface area (Å²) in [5, 5.41) is 0. The number of hydrogen-bond acceptors (Lipinski definition) is 2. The fourth-order valence-corrected chi connectivity index (χ4v) is 2.85. The average molecular weight is 240 g/mol. The van der Waals surface area contributed by atoms with Crippen LogP contribution in [-0.4, -0.2) is 12.9 Å². The minimum Gasteiger partial charge on any atom is -0.493 e. The van der Waals surface area contributed by atoms with Gasteiger partial charge in [0.25, 0.3) is 0 Å². The van der Waals surface area contributed by atoms with E-state index in [2.05, 4.69) is 26.0 Å². The Kier molecular flexibility index (Phi) is 2.40. The zero-order valence-corrected chi connectivity index (χ0v) is 10.9. The zero-order valence-electron chi connectivity index (χ0n) is 10.9. The summed E-state index contributed by atoms with van der Waals surface area (Å²) >= 11 is 0. The molecule has 1 aliphatic heterocycles. The third kappa shape index (κ3) is 1.45. The fraction of sp³-hybridized carbons (Fsp3) is 0.312. The van der Waals surface area contributed by atoms with Crippen LogP contribution < -0.4 is 4.74 Å². The summed E-state index contributed by atoms with van der Waals surface area (Å²) in [5.41, 5.74) is 6.53. The van der Waals surface area contributed by atoms with Crippen molar-refractivity contribution in [1.29, 1.82) is 0 Å². The van der Waals surface area contributed by atoms with E-state index in [0.29, 0.717) is 5.92 Å². The summed E-state index contributed by atoms with van der Waals surface area (Å²) in [7, 11) is 0. The van der Waals surface area contributed by atoms with Gasteiger partial charge >= 0.3 is 0 Å². The van der Waals surface area contributed by atoms with Gasteiger partial charge in [-0.2, -0.15) is 0 Å². The zero-order chi connectivity index (χ0) is 12.9. The highest BCUT2D eigenvalue weighted by molar-refractivity contribution is 5.93. The van der Waals surface area contributed by atoms with Gasteiger partial charge in [-0.25, -0.2) is 0 Å². The van der Waals surface area contributed by atoms with Gasteiger partial charge in [0.05, 0.1) is 6.61 Å². The van der Waals surface area contributed by atoms with Crippen molar-refractivity contribution in [2.75, 3.05) is 6.61 Å². The minimum atomic E-state index is 0.420. The van der Waals surface area contributed by atoms with E-state index in [1.165, 1.54) is 11.1 Å². The van der Waals surface area contributed by atoms with Gasteiger partial charge in [-0.1, -0.05) is 6.92 Å². The monoisotopic (exact) mass is 240 g/mol. The maximum Gasteiger partial charge on any atom is 0.150 e. The lowest BCUT2D eigenvalue weighted by Gasteiger charge is -2.02. The fourth-order valence-electron chi connectivity index (χ4n) is 2.85.